The molecule has 112 valence electrons. The van der Waals surface area contributed by atoms with Crippen molar-refractivity contribution >= 4 is 27.5 Å². The molecule has 0 aliphatic carbocycles. The van der Waals surface area contributed by atoms with Crippen LogP contribution in [-0.4, -0.2) is 13.2 Å². The van der Waals surface area contributed by atoms with Crippen LogP contribution in [-0.2, 0) is 13.0 Å². The van der Waals surface area contributed by atoms with Crippen LogP contribution in [0.1, 0.15) is 18.1 Å². The highest BCUT2D eigenvalue weighted by Gasteiger charge is 2.08. The van der Waals surface area contributed by atoms with Crippen molar-refractivity contribution in [2.24, 2.45) is 0 Å². The summed E-state index contributed by atoms with van der Waals surface area (Å²) in [6.45, 7) is 2.95. The minimum atomic E-state index is 0.340. The lowest BCUT2D eigenvalue weighted by molar-refractivity contribution is 0.406. The van der Waals surface area contributed by atoms with Crippen LogP contribution in [0.5, 0.6) is 5.75 Å². The van der Waals surface area contributed by atoms with Gasteiger partial charge in [-0.15, -0.1) is 0 Å². The molecule has 21 heavy (non-hydrogen) atoms. The van der Waals surface area contributed by atoms with E-state index in [0.29, 0.717) is 6.04 Å². The van der Waals surface area contributed by atoms with Crippen LogP contribution in [0.15, 0.2) is 46.9 Å². The number of rotatable bonds is 6. The summed E-state index contributed by atoms with van der Waals surface area (Å²) in [6, 6.07) is 14.3. The van der Waals surface area contributed by atoms with Gasteiger partial charge in [-0.05, 0) is 48.7 Å². The first kappa shape index (κ1) is 16.3. The zero-order valence-corrected chi connectivity index (χ0v) is 14.5. The van der Waals surface area contributed by atoms with Crippen molar-refractivity contribution in [1.82, 2.24) is 5.32 Å². The van der Waals surface area contributed by atoms with Gasteiger partial charge in [-0.25, -0.2) is 0 Å². The second-order valence-corrected chi connectivity index (χ2v) is 6.32. The van der Waals surface area contributed by atoms with E-state index in [0.717, 1.165) is 33.8 Å². The molecule has 0 spiro atoms. The minimum Gasteiger partial charge on any atom is -0.496 e. The molecule has 2 aromatic rings. The zero-order chi connectivity index (χ0) is 15.2. The number of hydrogen-bond donors (Lipinski definition) is 1. The summed E-state index contributed by atoms with van der Waals surface area (Å²) >= 11 is 9.59. The monoisotopic (exact) mass is 367 g/mol. The van der Waals surface area contributed by atoms with Crippen LogP contribution in [0.3, 0.4) is 0 Å². The quantitative estimate of drug-likeness (QED) is 0.788. The molecule has 1 N–H and O–H groups in total. The minimum absolute atomic E-state index is 0.340. The summed E-state index contributed by atoms with van der Waals surface area (Å²) in [6.07, 6.45) is 0.919. The van der Waals surface area contributed by atoms with E-state index in [2.05, 4.69) is 34.2 Å². The topological polar surface area (TPSA) is 21.3 Å². The van der Waals surface area contributed by atoms with E-state index in [4.69, 9.17) is 16.3 Å². The average molecular weight is 369 g/mol. The summed E-state index contributed by atoms with van der Waals surface area (Å²) in [4.78, 5) is 0. The van der Waals surface area contributed by atoms with Gasteiger partial charge in [0.1, 0.15) is 5.75 Å². The Hall–Kier alpha value is -1.03. The van der Waals surface area contributed by atoms with Crippen LogP contribution >= 0.6 is 27.5 Å². The lowest BCUT2D eigenvalue weighted by Gasteiger charge is -2.16. The maximum Gasteiger partial charge on any atom is 0.122 e. The fourth-order valence-corrected chi connectivity index (χ4v) is 2.82. The van der Waals surface area contributed by atoms with Crippen LogP contribution in [0, 0.1) is 0 Å². The Morgan fingerprint density at radius 2 is 1.95 bits per heavy atom. The Kier molecular flexibility index (Phi) is 6.09. The molecule has 4 heteroatoms. The predicted molar refractivity (Wildman–Crippen MR) is 92.2 cm³/mol. The molecule has 0 heterocycles. The third-order valence-corrected chi connectivity index (χ3v) is 4.38. The molecule has 1 unspecified atom stereocenters. The molecule has 1 atom stereocenters. The van der Waals surface area contributed by atoms with E-state index >= 15 is 0 Å². The van der Waals surface area contributed by atoms with Gasteiger partial charge in [0.15, 0.2) is 0 Å². The van der Waals surface area contributed by atoms with Gasteiger partial charge in [-0.3, -0.25) is 0 Å². The predicted octanol–water partition coefficient (Wildman–Crippen LogP) is 4.83. The number of nitrogens with one attached hydrogen (secondary N) is 1. The molecule has 0 aliphatic heterocycles. The number of para-hydroxylation sites is 1. The normalized spacial score (nSPS) is 12.2. The Morgan fingerprint density at radius 1 is 1.19 bits per heavy atom. The van der Waals surface area contributed by atoms with E-state index in [1.165, 1.54) is 5.56 Å². The lowest BCUT2D eigenvalue weighted by Crippen LogP contribution is -2.27. The molecule has 0 amide bonds. The molecular weight excluding hydrogens is 350 g/mol. The van der Waals surface area contributed by atoms with Crippen LogP contribution in [0.2, 0.25) is 5.02 Å². The van der Waals surface area contributed by atoms with Crippen molar-refractivity contribution in [3.63, 3.8) is 0 Å². The van der Waals surface area contributed by atoms with Crippen molar-refractivity contribution in [3.05, 3.63) is 63.1 Å². The van der Waals surface area contributed by atoms with Gasteiger partial charge in [0, 0.05) is 22.1 Å². The van der Waals surface area contributed by atoms with Gasteiger partial charge in [0.2, 0.25) is 0 Å². The first-order valence-corrected chi connectivity index (χ1v) is 8.06. The van der Waals surface area contributed by atoms with Crippen LogP contribution < -0.4 is 10.1 Å². The highest BCUT2D eigenvalue weighted by molar-refractivity contribution is 9.10. The van der Waals surface area contributed by atoms with Crippen molar-refractivity contribution in [3.8, 4) is 5.75 Å². The Morgan fingerprint density at radius 3 is 2.71 bits per heavy atom. The molecule has 0 saturated carbocycles. The molecule has 0 radical (unpaired) electrons. The lowest BCUT2D eigenvalue weighted by atomic mass is 10.1. The first-order chi connectivity index (χ1) is 10.1. The summed E-state index contributed by atoms with van der Waals surface area (Å²) in [5.74, 6) is 0.940. The average Bonchev–Trinajstić information content (AvgIpc) is 2.49. The fourth-order valence-electron chi connectivity index (χ4n) is 2.24. The van der Waals surface area contributed by atoms with E-state index in [-0.39, 0.29) is 0 Å². The van der Waals surface area contributed by atoms with Gasteiger partial charge >= 0.3 is 0 Å². The molecule has 0 bridgehead atoms. The molecule has 0 saturated heterocycles. The van der Waals surface area contributed by atoms with Crippen LogP contribution in [0.4, 0.5) is 0 Å². The molecule has 0 aromatic heterocycles. The number of methoxy groups -OCH3 is 1. The first-order valence-electron chi connectivity index (χ1n) is 6.89. The van der Waals surface area contributed by atoms with E-state index in [1.54, 1.807) is 7.11 Å². The highest BCUT2D eigenvalue weighted by atomic mass is 79.9. The van der Waals surface area contributed by atoms with Gasteiger partial charge in [-0.2, -0.15) is 0 Å². The second kappa shape index (κ2) is 7.83. The highest BCUT2D eigenvalue weighted by Crippen LogP contribution is 2.22. The molecule has 0 fully saturated rings. The smallest absolute Gasteiger partial charge is 0.122 e. The molecule has 2 aromatic carbocycles. The zero-order valence-electron chi connectivity index (χ0n) is 12.2. The summed E-state index contributed by atoms with van der Waals surface area (Å²) in [5.41, 5.74) is 2.37. The van der Waals surface area contributed by atoms with Crippen molar-refractivity contribution in [1.29, 1.82) is 0 Å². The summed E-state index contributed by atoms with van der Waals surface area (Å²) in [5, 5.41) is 4.28. The largest absolute Gasteiger partial charge is 0.496 e. The maximum absolute atomic E-state index is 6.04. The van der Waals surface area contributed by atoms with Gasteiger partial charge < -0.3 is 10.1 Å². The molecular formula is C17H19BrClNO. The van der Waals surface area contributed by atoms with Crippen LogP contribution in [0.25, 0.3) is 0 Å². The summed E-state index contributed by atoms with van der Waals surface area (Å²) in [7, 11) is 1.71. The maximum atomic E-state index is 6.04. The number of halogens is 2. The standard InChI is InChI=1S/C17H19BrClNO/c1-12(9-13-5-3-4-6-17(13)21-2)20-11-14-10-15(19)7-8-16(14)18/h3-8,10,12,20H,9,11H2,1-2H3. The van der Waals surface area contributed by atoms with Gasteiger partial charge in [0.05, 0.1) is 7.11 Å². The van der Waals surface area contributed by atoms with Gasteiger partial charge in [-0.1, -0.05) is 45.7 Å². The molecule has 2 rings (SSSR count). The Bertz CT molecular complexity index is 603. The van der Waals surface area contributed by atoms with E-state index < -0.39 is 0 Å². The Balaban J connectivity index is 1.96. The van der Waals surface area contributed by atoms with Crippen molar-refractivity contribution < 1.29 is 4.74 Å². The van der Waals surface area contributed by atoms with E-state index in [9.17, 15) is 0 Å². The van der Waals surface area contributed by atoms with Crippen molar-refractivity contribution in [2.45, 2.75) is 25.9 Å². The number of hydrogen-bond acceptors (Lipinski definition) is 2. The summed E-state index contributed by atoms with van der Waals surface area (Å²) < 4.78 is 6.46. The van der Waals surface area contributed by atoms with E-state index in [1.807, 2.05) is 36.4 Å². The Labute approximate surface area is 139 Å². The number of benzene rings is 2. The fraction of sp³-hybridized carbons (Fsp3) is 0.294. The second-order valence-electron chi connectivity index (χ2n) is 5.03. The molecule has 2 nitrogen and oxygen atoms in total. The SMILES string of the molecule is COc1ccccc1CC(C)NCc1cc(Cl)ccc1Br. The third kappa shape index (κ3) is 4.73. The number of ether oxygens (including phenoxy) is 1. The third-order valence-electron chi connectivity index (χ3n) is 3.37. The molecule has 0 aliphatic rings. The van der Waals surface area contributed by atoms with Gasteiger partial charge in [0.25, 0.3) is 0 Å². The van der Waals surface area contributed by atoms with Crippen molar-refractivity contribution in [2.75, 3.05) is 7.11 Å².